The lowest BCUT2D eigenvalue weighted by atomic mass is 10.0. The fourth-order valence-corrected chi connectivity index (χ4v) is 2.43. The smallest absolute Gasteiger partial charge is 0.371 e. The molecule has 1 aliphatic heterocycles. The maximum Gasteiger partial charge on any atom is 0.371 e. The summed E-state index contributed by atoms with van der Waals surface area (Å²) in [6, 6.07) is 3.67. The number of piperidine rings is 1. The van der Waals surface area contributed by atoms with Crippen LogP contribution in [0.2, 0.25) is 0 Å². The zero-order chi connectivity index (χ0) is 13.1. The Morgan fingerprint density at radius 3 is 2.67 bits per heavy atom. The molecule has 0 bridgehead atoms. The van der Waals surface area contributed by atoms with Crippen molar-refractivity contribution in [1.82, 2.24) is 4.90 Å². The summed E-state index contributed by atoms with van der Waals surface area (Å²) < 4.78 is 5.33. The number of likely N-dealkylation sites (tertiary alicyclic amines) is 1. The van der Waals surface area contributed by atoms with Gasteiger partial charge in [-0.1, -0.05) is 6.92 Å². The van der Waals surface area contributed by atoms with Gasteiger partial charge in [-0.25, -0.2) is 4.79 Å². The van der Waals surface area contributed by atoms with Crippen LogP contribution in [0.3, 0.4) is 0 Å². The zero-order valence-electron chi connectivity index (χ0n) is 10.9. The van der Waals surface area contributed by atoms with Gasteiger partial charge < -0.3 is 19.3 Å². The van der Waals surface area contributed by atoms with Gasteiger partial charge in [0.25, 0.3) is 0 Å². The van der Waals surface area contributed by atoms with Crippen LogP contribution in [-0.4, -0.2) is 48.7 Å². The highest BCUT2D eigenvalue weighted by atomic mass is 16.4. The largest absolute Gasteiger partial charge is 0.475 e. The van der Waals surface area contributed by atoms with Gasteiger partial charge >= 0.3 is 5.97 Å². The molecule has 0 aromatic carbocycles. The normalized spacial score (nSPS) is 17.9. The minimum absolute atomic E-state index is 0.00263. The molecule has 0 saturated carbocycles. The number of anilines is 1. The maximum atomic E-state index is 10.8. The molecule has 1 aromatic rings. The minimum atomic E-state index is -1.02. The average Bonchev–Trinajstić information content (AvgIpc) is 2.88. The van der Waals surface area contributed by atoms with E-state index in [1.54, 1.807) is 6.07 Å². The zero-order valence-corrected chi connectivity index (χ0v) is 10.9. The van der Waals surface area contributed by atoms with Crippen molar-refractivity contribution in [3.8, 4) is 0 Å². The van der Waals surface area contributed by atoms with E-state index in [9.17, 15) is 4.79 Å². The number of hydrogen-bond donors (Lipinski definition) is 1. The summed E-state index contributed by atoms with van der Waals surface area (Å²) in [5.41, 5.74) is 0. The SMILES string of the molecule is CCN1CCC(N(C)c2ccc(C(=O)O)o2)CC1. The van der Waals surface area contributed by atoms with Gasteiger partial charge in [-0.05, 0) is 25.5 Å². The van der Waals surface area contributed by atoms with Crippen molar-refractivity contribution in [2.24, 2.45) is 0 Å². The number of carboxylic acid groups (broad SMARTS) is 1. The predicted molar refractivity (Wildman–Crippen MR) is 69.2 cm³/mol. The van der Waals surface area contributed by atoms with Gasteiger partial charge in [0.05, 0.1) is 0 Å². The second-order valence-corrected chi connectivity index (χ2v) is 4.72. The molecule has 5 heteroatoms. The number of nitrogens with zero attached hydrogens (tertiary/aromatic N) is 2. The van der Waals surface area contributed by atoms with Crippen molar-refractivity contribution in [3.63, 3.8) is 0 Å². The molecule has 0 amide bonds. The first-order chi connectivity index (χ1) is 8.61. The van der Waals surface area contributed by atoms with E-state index >= 15 is 0 Å². The maximum absolute atomic E-state index is 10.8. The number of aromatic carboxylic acids is 1. The predicted octanol–water partition coefficient (Wildman–Crippen LogP) is 1.90. The van der Waals surface area contributed by atoms with E-state index in [4.69, 9.17) is 9.52 Å². The molecule has 0 atom stereocenters. The fourth-order valence-electron chi connectivity index (χ4n) is 2.43. The van der Waals surface area contributed by atoms with E-state index in [-0.39, 0.29) is 5.76 Å². The van der Waals surface area contributed by atoms with E-state index in [2.05, 4.69) is 16.7 Å². The summed E-state index contributed by atoms with van der Waals surface area (Å²) in [5, 5.41) is 8.84. The first-order valence-corrected chi connectivity index (χ1v) is 6.40. The quantitative estimate of drug-likeness (QED) is 0.887. The van der Waals surface area contributed by atoms with Gasteiger partial charge in [-0.3, -0.25) is 0 Å². The first-order valence-electron chi connectivity index (χ1n) is 6.40. The fraction of sp³-hybridized carbons (Fsp3) is 0.615. The third-order valence-electron chi connectivity index (χ3n) is 3.70. The highest BCUT2D eigenvalue weighted by Gasteiger charge is 2.23. The van der Waals surface area contributed by atoms with Crippen LogP contribution in [0.5, 0.6) is 0 Å². The van der Waals surface area contributed by atoms with Gasteiger partial charge in [-0.2, -0.15) is 0 Å². The van der Waals surface area contributed by atoms with Gasteiger partial charge in [0.1, 0.15) is 0 Å². The van der Waals surface area contributed by atoms with Crippen molar-refractivity contribution >= 4 is 11.9 Å². The molecule has 1 fully saturated rings. The lowest BCUT2D eigenvalue weighted by Gasteiger charge is -2.36. The monoisotopic (exact) mass is 252 g/mol. The van der Waals surface area contributed by atoms with E-state index in [0.29, 0.717) is 11.9 Å². The van der Waals surface area contributed by atoms with Crippen LogP contribution in [0.4, 0.5) is 5.88 Å². The standard InChI is InChI=1S/C13H20N2O3/c1-3-15-8-6-10(7-9-15)14(2)12-5-4-11(18-12)13(16)17/h4-5,10H,3,6-9H2,1-2H3,(H,16,17). The molecule has 18 heavy (non-hydrogen) atoms. The Balaban J connectivity index is 1.98. The molecule has 2 rings (SSSR count). The third kappa shape index (κ3) is 2.67. The summed E-state index contributed by atoms with van der Waals surface area (Å²) in [5.74, 6) is -0.374. The van der Waals surface area contributed by atoms with E-state index in [1.807, 2.05) is 7.05 Å². The van der Waals surface area contributed by atoms with Crippen molar-refractivity contribution < 1.29 is 14.3 Å². The number of carboxylic acids is 1. The van der Waals surface area contributed by atoms with Crippen molar-refractivity contribution in [2.75, 3.05) is 31.6 Å². The number of rotatable bonds is 4. The summed E-state index contributed by atoms with van der Waals surface area (Å²) in [4.78, 5) is 15.3. The second kappa shape index (κ2) is 5.44. The molecule has 1 N–H and O–H groups in total. The van der Waals surface area contributed by atoms with Crippen molar-refractivity contribution in [1.29, 1.82) is 0 Å². The molecule has 0 aliphatic carbocycles. The Kier molecular flexibility index (Phi) is 3.91. The second-order valence-electron chi connectivity index (χ2n) is 4.72. The van der Waals surface area contributed by atoms with Crippen LogP contribution in [0, 0.1) is 0 Å². The van der Waals surface area contributed by atoms with Crippen LogP contribution >= 0.6 is 0 Å². The van der Waals surface area contributed by atoms with Gasteiger partial charge in [-0.15, -0.1) is 0 Å². The Morgan fingerprint density at radius 2 is 2.17 bits per heavy atom. The van der Waals surface area contributed by atoms with Gasteiger partial charge in [0, 0.05) is 32.2 Å². The molecule has 0 radical (unpaired) electrons. The number of carbonyl (C=O) groups is 1. The Hall–Kier alpha value is -1.49. The Morgan fingerprint density at radius 1 is 1.50 bits per heavy atom. The van der Waals surface area contributed by atoms with Crippen LogP contribution in [-0.2, 0) is 0 Å². The van der Waals surface area contributed by atoms with Crippen molar-refractivity contribution in [2.45, 2.75) is 25.8 Å². The molecule has 0 spiro atoms. The van der Waals surface area contributed by atoms with Crippen LogP contribution in [0.1, 0.15) is 30.3 Å². The molecule has 1 aromatic heterocycles. The number of furan rings is 1. The highest BCUT2D eigenvalue weighted by molar-refractivity contribution is 5.84. The van der Waals surface area contributed by atoms with E-state index in [1.165, 1.54) is 6.07 Å². The molecular formula is C13H20N2O3. The molecule has 1 saturated heterocycles. The summed E-state index contributed by atoms with van der Waals surface area (Å²) in [7, 11) is 1.97. The molecule has 1 aliphatic rings. The van der Waals surface area contributed by atoms with E-state index in [0.717, 1.165) is 32.5 Å². The average molecular weight is 252 g/mol. The topological polar surface area (TPSA) is 56.9 Å². The van der Waals surface area contributed by atoms with Gasteiger partial charge in [0.2, 0.25) is 5.76 Å². The third-order valence-corrected chi connectivity index (χ3v) is 3.70. The summed E-state index contributed by atoms with van der Waals surface area (Å²) >= 11 is 0. The first kappa shape index (κ1) is 13.0. The molecule has 0 unspecified atom stereocenters. The lowest BCUT2D eigenvalue weighted by molar-refractivity contribution is 0.0663. The van der Waals surface area contributed by atoms with Crippen LogP contribution in [0.15, 0.2) is 16.5 Å². The molecular weight excluding hydrogens is 232 g/mol. The van der Waals surface area contributed by atoms with Crippen LogP contribution in [0.25, 0.3) is 0 Å². The van der Waals surface area contributed by atoms with E-state index < -0.39 is 5.97 Å². The molecule has 5 nitrogen and oxygen atoms in total. The Bertz CT molecular complexity index is 408. The Labute approximate surface area is 107 Å². The minimum Gasteiger partial charge on any atom is -0.475 e. The van der Waals surface area contributed by atoms with Crippen molar-refractivity contribution in [3.05, 3.63) is 17.9 Å². The lowest BCUT2D eigenvalue weighted by Crippen LogP contribution is -2.43. The van der Waals surface area contributed by atoms with Crippen LogP contribution < -0.4 is 4.90 Å². The molecule has 2 heterocycles. The van der Waals surface area contributed by atoms with Gasteiger partial charge in [0.15, 0.2) is 5.88 Å². The highest BCUT2D eigenvalue weighted by Crippen LogP contribution is 2.24. The molecule has 100 valence electrons. The summed E-state index contributed by atoms with van der Waals surface area (Å²) in [6.45, 7) is 5.46. The summed E-state index contributed by atoms with van der Waals surface area (Å²) in [6.07, 6.45) is 2.18. The number of hydrogen-bond acceptors (Lipinski definition) is 4.